The smallest absolute Gasteiger partial charge is 0.360 e. The Morgan fingerprint density at radius 1 is 1.43 bits per heavy atom. The van der Waals surface area contributed by atoms with Gasteiger partial charge in [-0.25, -0.2) is 0 Å². The summed E-state index contributed by atoms with van der Waals surface area (Å²) < 4.78 is 15.6. The van der Waals surface area contributed by atoms with Gasteiger partial charge < -0.3 is 14.2 Å². The molecule has 0 saturated heterocycles. The molecule has 0 aromatic heterocycles. The van der Waals surface area contributed by atoms with Crippen LogP contribution in [0.3, 0.4) is 0 Å². The predicted molar refractivity (Wildman–Crippen MR) is 52.4 cm³/mol. The van der Waals surface area contributed by atoms with Crippen molar-refractivity contribution in [3.63, 3.8) is 0 Å². The minimum Gasteiger partial charge on any atom is -0.428 e. The van der Waals surface area contributed by atoms with Gasteiger partial charge in [0.05, 0.1) is 0 Å². The predicted octanol–water partition coefficient (Wildman–Crippen LogP) is 2.12. The van der Waals surface area contributed by atoms with Gasteiger partial charge >= 0.3 is 6.48 Å². The van der Waals surface area contributed by atoms with Crippen LogP contribution in [0.25, 0.3) is 0 Å². The highest BCUT2D eigenvalue weighted by Gasteiger charge is 2.23. The molecule has 0 amide bonds. The highest BCUT2D eigenvalue weighted by molar-refractivity contribution is 5.45. The third-order valence-corrected chi connectivity index (χ3v) is 2.03. The second kappa shape index (κ2) is 3.72. The zero-order chi connectivity index (χ0) is 9.97. The summed E-state index contributed by atoms with van der Waals surface area (Å²) in [5, 5.41) is 0. The Hall–Kier alpha value is -1.48. The van der Waals surface area contributed by atoms with Crippen molar-refractivity contribution in [3.8, 4) is 11.5 Å². The van der Waals surface area contributed by atoms with E-state index in [4.69, 9.17) is 14.2 Å². The normalized spacial score (nSPS) is 18.2. The molecule has 0 aliphatic carbocycles. The van der Waals surface area contributed by atoms with Crippen LogP contribution in [0.5, 0.6) is 11.5 Å². The molecule has 0 fully saturated rings. The van der Waals surface area contributed by atoms with E-state index in [1.807, 2.05) is 24.3 Å². The van der Waals surface area contributed by atoms with Gasteiger partial charge in [0.1, 0.15) is 0 Å². The van der Waals surface area contributed by atoms with Crippen molar-refractivity contribution in [3.05, 3.63) is 36.4 Å². The molecular weight excluding hydrogens is 180 g/mol. The quantitative estimate of drug-likeness (QED) is 0.686. The molecule has 0 spiro atoms. The molecule has 0 radical (unpaired) electrons. The third-order valence-electron chi connectivity index (χ3n) is 2.03. The van der Waals surface area contributed by atoms with Crippen molar-refractivity contribution in [1.29, 1.82) is 0 Å². The van der Waals surface area contributed by atoms with Gasteiger partial charge in [0.2, 0.25) is 0 Å². The minimum absolute atomic E-state index is 0.607. The summed E-state index contributed by atoms with van der Waals surface area (Å²) >= 11 is 0. The van der Waals surface area contributed by atoms with Crippen LogP contribution in [-0.2, 0) is 11.2 Å². The van der Waals surface area contributed by atoms with Crippen LogP contribution in [0.1, 0.15) is 5.56 Å². The van der Waals surface area contributed by atoms with Crippen LogP contribution in [0.2, 0.25) is 0 Å². The van der Waals surface area contributed by atoms with E-state index in [1.54, 1.807) is 7.11 Å². The molecule has 0 bridgehead atoms. The molecule has 0 N–H and O–H groups in total. The number of benzene rings is 1. The van der Waals surface area contributed by atoms with Crippen LogP contribution >= 0.6 is 0 Å². The van der Waals surface area contributed by atoms with E-state index in [9.17, 15) is 0 Å². The Morgan fingerprint density at radius 2 is 2.21 bits per heavy atom. The van der Waals surface area contributed by atoms with E-state index in [-0.39, 0.29) is 0 Å². The highest BCUT2D eigenvalue weighted by atomic mass is 16.9. The minimum atomic E-state index is -0.607. The molecule has 0 saturated carbocycles. The summed E-state index contributed by atoms with van der Waals surface area (Å²) in [6.45, 7) is 3.08. The van der Waals surface area contributed by atoms with E-state index in [0.29, 0.717) is 0 Å². The van der Waals surface area contributed by atoms with E-state index < -0.39 is 6.48 Å². The van der Waals surface area contributed by atoms with Gasteiger partial charge in [-0.1, -0.05) is 12.1 Å². The Bertz CT molecular complexity index is 346. The molecule has 1 atom stereocenters. The first-order chi connectivity index (χ1) is 6.83. The Kier molecular flexibility index (Phi) is 2.41. The van der Waals surface area contributed by atoms with E-state index in [2.05, 4.69) is 6.58 Å². The van der Waals surface area contributed by atoms with Crippen molar-refractivity contribution < 1.29 is 14.2 Å². The Labute approximate surface area is 82.9 Å². The van der Waals surface area contributed by atoms with Crippen LogP contribution in [0.4, 0.5) is 0 Å². The number of methoxy groups -OCH3 is 1. The third kappa shape index (κ3) is 1.59. The second-order valence-electron chi connectivity index (χ2n) is 3.03. The van der Waals surface area contributed by atoms with Crippen molar-refractivity contribution in [2.45, 2.75) is 12.9 Å². The number of hydrogen-bond donors (Lipinski definition) is 0. The summed E-state index contributed by atoms with van der Waals surface area (Å²) in [5.74, 6) is 1.46. The van der Waals surface area contributed by atoms with Gasteiger partial charge in [-0.3, -0.25) is 0 Å². The van der Waals surface area contributed by atoms with Crippen molar-refractivity contribution in [1.82, 2.24) is 0 Å². The van der Waals surface area contributed by atoms with Gasteiger partial charge in [-0.15, -0.1) is 6.58 Å². The molecular formula is C11H12O3. The molecule has 1 aromatic rings. The van der Waals surface area contributed by atoms with Crippen LogP contribution < -0.4 is 9.47 Å². The number of allylic oxidation sites excluding steroid dienone is 1. The Morgan fingerprint density at radius 3 is 2.93 bits per heavy atom. The first-order valence-corrected chi connectivity index (χ1v) is 4.43. The molecule has 1 aliphatic rings. The largest absolute Gasteiger partial charge is 0.428 e. The standard InChI is InChI=1S/C11H12O3/c1-3-4-8-5-6-9-10(7-8)14-11(12-2)13-9/h3,5-7,11H,1,4H2,2H3. The summed E-state index contributed by atoms with van der Waals surface area (Å²) in [6, 6.07) is 5.81. The molecule has 1 unspecified atom stereocenters. The lowest BCUT2D eigenvalue weighted by molar-refractivity contribution is -0.157. The average molecular weight is 192 g/mol. The van der Waals surface area contributed by atoms with Gasteiger partial charge in [0.25, 0.3) is 0 Å². The lowest BCUT2D eigenvalue weighted by atomic mass is 10.1. The first-order valence-electron chi connectivity index (χ1n) is 4.43. The van der Waals surface area contributed by atoms with E-state index in [1.165, 1.54) is 0 Å². The molecule has 14 heavy (non-hydrogen) atoms. The summed E-state index contributed by atoms with van der Waals surface area (Å²) in [6.07, 6.45) is 2.68. The topological polar surface area (TPSA) is 27.7 Å². The number of fused-ring (bicyclic) bond motifs is 1. The zero-order valence-corrected chi connectivity index (χ0v) is 8.03. The average Bonchev–Trinajstić information content (AvgIpc) is 2.60. The van der Waals surface area contributed by atoms with E-state index >= 15 is 0 Å². The van der Waals surface area contributed by atoms with Gasteiger partial charge in [0.15, 0.2) is 11.5 Å². The molecule has 1 heterocycles. The second-order valence-corrected chi connectivity index (χ2v) is 3.03. The van der Waals surface area contributed by atoms with Crippen molar-refractivity contribution in [2.75, 3.05) is 7.11 Å². The highest BCUT2D eigenvalue weighted by Crippen LogP contribution is 2.35. The van der Waals surface area contributed by atoms with Gasteiger partial charge in [0, 0.05) is 7.11 Å². The van der Waals surface area contributed by atoms with E-state index in [0.717, 1.165) is 23.5 Å². The number of rotatable bonds is 3. The summed E-state index contributed by atoms with van der Waals surface area (Å²) in [7, 11) is 1.54. The fourth-order valence-electron chi connectivity index (χ4n) is 1.36. The van der Waals surface area contributed by atoms with Gasteiger partial charge in [-0.2, -0.15) is 0 Å². The zero-order valence-electron chi connectivity index (χ0n) is 8.03. The first kappa shape index (κ1) is 9.09. The lowest BCUT2D eigenvalue weighted by Crippen LogP contribution is -2.19. The van der Waals surface area contributed by atoms with Crippen LogP contribution in [0, 0.1) is 0 Å². The maximum absolute atomic E-state index is 5.36. The van der Waals surface area contributed by atoms with Crippen LogP contribution in [0.15, 0.2) is 30.9 Å². The molecule has 1 aliphatic heterocycles. The molecule has 3 heteroatoms. The maximum atomic E-state index is 5.36. The number of ether oxygens (including phenoxy) is 3. The SMILES string of the molecule is C=CCc1ccc2c(c1)OC(OC)O2. The molecule has 74 valence electrons. The fourth-order valence-corrected chi connectivity index (χ4v) is 1.36. The monoisotopic (exact) mass is 192 g/mol. The molecule has 1 aromatic carbocycles. The fraction of sp³-hybridized carbons (Fsp3) is 0.273. The maximum Gasteiger partial charge on any atom is 0.360 e. The Balaban J connectivity index is 2.21. The van der Waals surface area contributed by atoms with Gasteiger partial charge in [-0.05, 0) is 24.1 Å². The lowest BCUT2D eigenvalue weighted by Gasteiger charge is -2.05. The molecule has 2 rings (SSSR count). The number of hydrogen-bond acceptors (Lipinski definition) is 3. The van der Waals surface area contributed by atoms with Crippen molar-refractivity contribution in [2.24, 2.45) is 0 Å². The summed E-state index contributed by atoms with van der Waals surface area (Å²) in [4.78, 5) is 0. The summed E-state index contributed by atoms with van der Waals surface area (Å²) in [5.41, 5.74) is 1.15. The molecule has 3 nitrogen and oxygen atoms in total. The van der Waals surface area contributed by atoms with Crippen LogP contribution in [-0.4, -0.2) is 13.6 Å². The van der Waals surface area contributed by atoms with Crippen molar-refractivity contribution >= 4 is 0 Å².